The van der Waals surface area contributed by atoms with Crippen molar-refractivity contribution >= 4 is 17.3 Å². The number of rotatable bonds is 2. The molecule has 2 atom stereocenters. The number of para-hydroxylation sites is 1. The van der Waals surface area contributed by atoms with Crippen molar-refractivity contribution in [3.05, 3.63) is 58.1 Å². The quantitative estimate of drug-likeness (QED) is 0.892. The minimum atomic E-state index is -0.430. The molecule has 1 N–H and O–H groups in total. The van der Waals surface area contributed by atoms with Gasteiger partial charge in [0.05, 0.1) is 11.0 Å². The Labute approximate surface area is 146 Å². The molecule has 5 aliphatic rings. The van der Waals surface area contributed by atoms with E-state index in [1.54, 1.807) is 11.8 Å². The van der Waals surface area contributed by atoms with Crippen molar-refractivity contribution in [2.24, 2.45) is 11.8 Å². The molecule has 6 rings (SSSR count). The van der Waals surface area contributed by atoms with E-state index in [0.717, 1.165) is 34.1 Å². The molecule has 1 aromatic rings. The smallest absolute Gasteiger partial charge is 0.141 e. The number of allylic oxidation sites excluding steroid dienone is 2. The van der Waals surface area contributed by atoms with E-state index in [0.29, 0.717) is 11.8 Å². The number of aliphatic hydroxyl groups is 1. The molecule has 0 radical (unpaired) electrons. The third-order valence-electron chi connectivity index (χ3n) is 5.79. The minimum absolute atomic E-state index is 0.328. The Hall–Kier alpha value is -1.49. The molecule has 0 saturated carbocycles. The Morgan fingerprint density at radius 2 is 2.04 bits per heavy atom. The molecule has 5 heterocycles. The van der Waals surface area contributed by atoms with Gasteiger partial charge in [-0.1, -0.05) is 36.0 Å². The molecule has 2 bridgehead atoms. The van der Waals surface area contributed by atoms with Gasteiger partial charge in [-0.05, 0) is 49.4 Å². The van der Waals surface area contributed by atoms with Gasteiger partial charge in [0.25, 0.3) is 0 Å². The van der Waals surface area contributed by atoms with Gasteiger partial charge in [0.1, 0.15) is 11.5 Å². The van der Waals surface area contributed by atoms with Crippen LogP contribution in [0.15, 0.2) is 52.5 Å². The highest BCUT2D eigenvalue weighted by molar-refractivity contribution is 8.06. The van der Waals surface area contributed by atoms with Crippen molar-refractivity contribution in [1.82, 2.24) is 4.90 Å². The number of hydrogen-bond acceptors (Lipinski definition) is 4. The highest BCUT2D eigenvalue weighted by Gasteiger charge is 2.41. The molecular formula is C20H21NO2S. The Bertz CT molecular complexity index is 759. The zero-order valence-corrected chi connectivity index (χ0v) is 14.3. The van der Waals surface area contributed by atoms with Gasteiger partial charge in [0.2, 0.25) is 0 Å². The summed E-state index contributed by atoms with van der Waals surface area (Å²) in [7, 11) is 0. The van der Waals surface area contributed by atoms with Gasteiger partial charge in [0, 0.05) is 23.6 Å². The molecule has 1 aromatic carbocycles. The molecule has 5 aliphatic heterocycles. The first-order valence-corrected chi connectivity index (χ1v) is 9.65. The molecule has 3 nitrogen and oxygen atoms in total. The van der Waals surface area contributed by atoms with Crippen molar-refractivity contribution in [3.8, 4) is 5.75 Å². The summed E-state index contributed by atoms with van der Waals surface area (Å²) in [4.78, 5) is 3.59. The lowest BCUT2D eigenvalue weighted by Crippen LogP contribution is -2.51. The Morgan fingerprint density at radius 3 is 2.83 bits per heavy atom. The average Bonchev–Trinajstić information content (AvgIpc) is 2.66. The van der Waals surface area contributed by atoms with Gasteiger partial charge >= 0.3 is 0 Å². The first kappa shape index (κ1) is 14.8. The maximum atomic E-state index is 11.4. The van der Waals surface area contributed by atoms with Crippen LogP contribution in [0, 0.1) is 11.8 Å². The van der Waals surface area contributed by atoms with Crippen LogP contribution in [0.25, 0.3) is 5.57 Å². The predicted molar refractivity (Wildman–Crippen MR) is 97.5 cm³/mol. The van der Waals surface area contributed by atoms with E-state index in [2.05, 4.69) is 16.4 Å². The van der Waals surface area contributed by atoms with Gasteiger partial charge in [-0.3, -0.25) is 0 Å². The van der Waals surface area contributed by atoms with Gasteiger partial charge < -0.3 is 14.7 Å². The Balaban J connectivity index is 1.60. The number of hydrogen-bond donors (Lipinski definition) is 1. The summed E-state index contributed by atoms with van der Waals surface area (Å²) in [5.74, 6) is 2.70. The van der Waals surface area contributed by atoms with E-state index in [1.807, 2.05) is 30.4 Å². The van der Waals surface area contributed by atoms with E-state index in [9.17, 15) is 5.11 Å². The van der Waals surface area contributed by atoms with Crippen LogP contribution in [0.2, 0.25) is 0 Å². The fourth-order valence-electron chi connectivity index (χ4n) is 4.54. The second-order valence-corrected chi connectivity index (χ2v) is 7.98. The van der Waals surface area contributed by atoms with E-state index in [-0.39, 0.29) is 0 Å². The molecule has 0 aliphatic carbocycles. The first-order chi connectivity index (χ1) is 11.8. The summed E-state index contributed by atoms with van der Waals surface area (Å²) in [6.07, 6.45) is 6.03. The molecule has 0 amide bonds. The summed E-state index contributed by atoms with van der Waals surface area (Å²) < 4.78 is 6.08. The summed E-state index contributed by atoms with van der Waals surface area (Å²) >= 11 is 1.66. The number of nitrogens with zero attached hydrogens (tertiary/aromatic N) is 1. The third kappa shape index (κ3) is 2.28. The second kappa shape index (κ2) is 5.80. The van der Waals surface area contributed by atoms with Gasteiger partial charge in [-0.25, -0.2) is 0 Å². The second-order valence-electron chi connectivity index (χ2n) is 7.07. The van der Waals surface area contributed by atoms with E-state index < -0.39 is 6.10 Å². The first-order valence-electron chi connectivity index (χ1n) is 8.77. The molecule has 24 heavy (non-hydrogen) atoms. The zero-order chi connectivity index (χ0) is 16.1. The maximum Gasteiger partial charge on any atom is 0.141 e. The van der Waals surface area contributed by atoms with Gasteiger partial charge in [0.15, 0.2) is 0 Å². The number of thioether (sulfide) groups is 1. The number of aliphatic hydroxyl groups excluding tert-OH is 1. The summed E-state index contributed by atoms with van der Waals surface area (Å²) in [5, 5.41) is 13.5. The normalized spacial score (nSPS) is 31.9. The number of fused-ring (bicyclic) bond motifs is 5. The van der Waals surface area contributed by atoms with Gasteiger partial charge in [-0.2, -0.15) is 0 Å². The third-order valence-corrected chi connectivity index (χ3v) is 6.74. The lowest BCUT2D eigenvalue weighted by atomic mass is 9.73. The lowest BCUT2D eigenvalue weighted by molar-refractivity contribution is -0.00317. The summed E-state index contributed by atoms with van der Waals surface area (Å²) in [6, 6.07) is 8.11. The van der Waals surface area contributed by atoms with Crippen molar-refractivity contribution in [2.45, 2.75) is 18.9 Å². The van der Waals surface area contributed by atoms with Gasteiger partial charge in [-0.15, -0.1) is 0 Å². The molecule has 2 unspecified atom stereocenters. The number of piperidine rings is 3. The molecule has 3 saturated heterocycles. The molecule has 124 valence electrons. The topological polar surface area (TPSA) is 32.7 Å². The molecule has 4 heteroatoms. The van der Waals surface area contributed by atoms with Crippen LogP contribution < -0.4 is 4.74 Å². The molecule has 0 spiro atoms. The van der Waals surface area contributed by atoms with E-state index >= 15 is 0 Å². The molecule has 0 aromatic heterocycles. The average molecular weight is 339 g/mol. The van der Waals surface area contributed by atoms with Crippen molar-refractivity contribution in [2.75, 3.05) is 19.6 Å². The summed E-state index contributed by atoms with van der Waals surface area (Å²) in [6.45, 7) is 3.41. The Morgan fingerprint density at radius 1 is 1.21 bits per heavy atom. The Kier molecular flexibility index (Phi) is 3.58. The molecule has 3 fully saturated rings. The zero-order valence-electron chi connectivity index (χ0n) is 13.5. The maximum absolute atomic E-state index is 11.4. The SMILES string of the molecule is OC(C1=C2SC=CC=C2Oc2ccccc21)C1CN2CCC1CC2. The fourth-order valence-corrected chi connectivity index (χ4v) is 5.42. The van der Waals surface area contributed by atoms with Crippen molar-refractivity contribution in [1.29, 1.82) is 0 Å². The predicted octanol–water partition coefficient (Wildman–Crippen LogP) is 3.64. The van der Waals surface area contributed by atoms with Crippen LogP contribution >= 0.6 is 11.8 Å². The van der Waals surface area contributed by atoms with Crippen LogP contribution in [-0.2, 0) is 0 Å². The minimum Gasteiger partial charge on any atom is -0.456 e. The highest BCUT2D eigenvalue weighted by atomic mass is 32.2. The van der Waals surface area contributed by atoms with E-state index in [1.165, 1.54) is 25.9 Å². The lowest BCUT2D eigenvalue weighted by Gasteiger charge is -2.47. The fraction of sp³-hybridized carbons (Fsp3) is 0.400. The standard InChI is InChI=1S/C20H21NO2S/c22-19(15-12-21-9-7-13(15)8-10-21)18-14-4-1-2-5-16(14)23-17-6-3-11-24-20(17)18/h1-6,11,13,15,19,22H,7-10,12H2. The number of ether oxygens (including phenoxy) is 1. The van der Waals surface area contributed by atoms with Crippen LogP contribution in [0.5, 0.6) is 5.75 Å². The van der Waals surface area contributed by atoms with Crippen LogP contribution in [0.4, 0.5) is 0 Å². The monoisotopic (exact) mass is 339 g/mol. The van der Waals surface area contributed by atoms with Crippen molar-refractivity contribution in [3.63, 3.8) is 0 Å². The largest absolute Gasteiger partial charge is 0.456 e. The van der Waals surface area contributed by atoms with Crippen LogP contribution in [0.3, 0.4) is 0 Å². The molecular weight excluding hydrogens is 318 g/mol. The number of benzene rings is 1. The highest BCUT2D eigenvalue weighted by Crippen LogP contribution is 2.48. The van der Waals surface area contributed by atoms with Crippen LogP contribution in [0.1, 0.15) is 18.4 Å². The summed E-state index contributed by atoms with van der Waals surface area (Å²) in [5.41, 5.74) is 2.12. The van der Waals surface area contributed by atoms with E-state index in [4.69, 9.17) is 4.74 Å². The van der Waals surface area contributed by atoms with Crippen LogP contribution in [-0.4, -0.2) is 35.7 Å². The van der Waals surface area contributed by atoms with Crippen molar-refractivity contribution < 1.29 is 9.84 Å².